The number of benzene rings is 1. The number of carbonyl (C=O) groups is 1. The van der Waals surface area contributed by atoms with Crippen molar-refractivity contribution in [1.82, 2.24) is 19.7 Å². The van der Waals surface area contributed by atoms with Gasteiger partial charge in [-0.2, -0.15) is 5.10 Å². The lowest BCUT2D eigenvalue weighted by Gasteiger charge is -2.26. The van der Waals surface area contributed by atoms with Crippen molar-refractivity contribution >= 4 is 40.1 Å². The molecular formula is C20H22Cl2N4O. The Hall–Kier alpha value is -2.11. The lowest BCUT2D eigenvalue weighted by atomic mass is 10.1. The Labute approximate surface area is 168 Å². The summed E-state index contributed by atoms with van der Waals surface area (Å²) in [6.07, 6.45) is 1.75. The quantitative estimate of drug-likeness (QED) is 0.579. The molecule has 1 atom stereocenters. The third-order valence-corrected chi connectivity index (χ3v) is 5.36. The Morgan fingerprint density at radius 2 is 1.89 bits per heavy atom. The third kappa shape index (κ3) is 3.66. The number of amides is 1. The van der Waals surface area contributed by atoms with Gasteiger partial charge in [0.05, 0.1) is 23.5 Å². The first-order valence-corrected chi connectivity index (χ1v) is 9.53. The Bertz CT molecular complexity index is 1010. The van der Waals surface area contributed by atoms with Gasteiger partial charge in [-0.15, -0.1) is 0 Å². The Balaban J connectivity index is 1.95. The SMILES string of the molecule is Cc1nc2c(cnn2C(C)C)cc1C(=O)N(C)C(C)c1ccc(Cl)cc1Cl. The molecule has 3 rings (SSSR count). The van der Waals surface area contributed by atoms with Gasteiger partial charge in [0, 0.05) is 28.5 Å². The molecule has 2 heterocycles. The van der Waals surface area contributed by atoms with Crippen LogP contribution in [-0.2, 0) is 0 Å². The van der Waals surface area contributed by atoms with Crippen molar-refractivity contribution in [2.75, 3.05) is 7.05 Å². The number of fused-ring (bicyclic) bond motifs is 1. The fourth-order valence-corrected chi connectivity index (χ4v) is 3.64. The van der Waals surface area contributed by atoms with Gasteiger partial charge in [-0.1, -0.05) is 29.3 Å². The van der Waals surface area contributed by atoms with Crippen LogP contribution in [0.25, 0.3) is 11.0 Å². The van der Waals surface area contributed by atoms with Crippen molar-refractivity contribution in [2.45, 2.75) is 39.8 Å². The van der Waals surface area contributed by atoms with Gasteiger partial charge in [0.1, 0.15) is 0 Å². The monoisotopic (exact) mass is 404 g/mol. The van der Waals surface area contributed by atoms with E-state index in [0.717, 1.165) is 16.6 Å². The molecule has 0 bridgehead atoms. The van der Waals surface area contributed by atoms with E-state index in [4.69, 9.17) is 23.2 Å². The minimum Gasteiger partial charge on any atom is -0.335 e. The lowest BCUT2D eigenvalue weighted by Crippen LogP contribution is -2.30. The van der Waals surface area contributed by atoms with Crippen molar-refractivity contribution in [1.29, 1.82) is 0 Å². The van der Waals surface area contributed by atoms with Crippen LogP contribution in [-0.4, -0.2) is 32.6 Å². The first-order chi connectivity index (χ1) is 12.7. The molecule has 0 N–H and O–H groups in total. The van der Waals surface area contributed by atoms with Crippen LogP contribution in [0.5, 0.6) is 0 Å². The zero-order chi connectivity index (χ0) is 19.9. The summed E-state index contributed by atoms with van der Waals surface area (Å²) in [5.74, 6) is -0.113. The van der Waals surface area contributed by atoms with Crippen molar-refractivity contribution in [3.05, 3.63) is 57.3 Å². The first kappa shape index (κ1) is 19.6. The smallest absolute Gasteiger partial charge is 0.255 e. The maximum absolute atomic E-state index is 13.1. The summed E-state index contributed by atoms with van der Waals surface area (Å²) < 4.78 is 1.86. The molecule has 7 heteroatoms. The number of aromatic nitrogens is 3. The Morgan fingerprint density at radius 3 is 2.52 bits per heavy atom. The number of hydrogen-bond acceptors (Lipinski definition) is 3. The van der Waals surface area contributed by atoms with E-state index in [9.17, 15) is 4.79 Å². The maximum Gasteiger partial charge on any atom is 0.255 e. The topological polar surface area (TPSA) is 51.0 Å². The summed E-state index contributed by atoms with van der Waals surface area (Å²) in [5, 5.41) is 6.34. The second-order valence-electron chi connectivity index (χ2n) is 6.97. The van der Waals surface area contributed by atoms with E-state index in [1.807, 2.05) is 44.5 Å². The standard InChI is InChI=1S/C20H22Cl2N4O/c1-11(2)26-19-14(10-23-26)8-17(12(3)24-19)20(27)25(5)13(4)16-7-6-15(21)9-18(16)22/h6-11,13H,1-5H3. The van der Waals surface area contributed by atoms with Gasteiger partial charge in [-0.3, -0.25) is 4.79 Å². The molecule has 27 heavy (non-hydrogen) atoms. The van der Waals surface area contributed by atoms with E-state index in [1.54, 1.807) is 30.3 Å². The van der Waals surface area contributed by atoms with Gasteiger partial charge in [-0.05, 0) is 51.5 Å². The van der Waals surface area contributed by atoms with E-state index < -0.39 is 0 Å². The molecular weight excluding hydrogens is 383 g/mol. The predicted octanol–water partition coefficient (Wildman–Crippen LogP) is 5.46. The van der Waals surface area contributed by atoms with Crippen molar-refractivity contribution in [3.63, 3.8) is 0 Å². The number of hydrogen-bond donors (Lipinski definition) is 0. The fraction of sp³-hybridized carbons (Fsp3) is 0.350. The highest BCUT2D eigenvalue weighted by atomic mass is 35.5. The fourth-order valence-electron chi connectivity index (χ4n) is 3.07. The summed E-state index contributed by atoms with van der Waals surface area (Å²) in [5.41, 5.74) is 2.87. The van der Waals surface area contributed by atoms with E-state index in [0.29, 0.717) is 21.3 Å². The molecule has 3 aromatic rings. The van der Waals surface area contributed by atoms with Crippen LogP contribution in [0.3, 0.4) is 0 Å². The van der Waals surface area contributed by atoms with Gasteiger partial charge in [0.2, 0.25) is 0 Å². The molecule has 1 unspecified atom stereocenters. The van der Waals surface area contributed by atoms with Crippen LogP contribution in [0.15, 0.2) is 30.5 Å². The Kier molecular flexibility index (Phi) is 5.45. The van der Waals surface area contributed by atoms with Gasteiger partial charge in [-0.25, -0.2) is 9.67 Å². The van der Waals surface area contributed by atoms with Crippen LogP contribution in [0.1, 0.15) is 54.5 Å². The van der Waals surface area contributed by atoms with E-state index >= 15 is 0 Å². The molecule has 0 aliphatic rings. The molecule has 2 aromatic heterocycles. The molecule has 5 nitrogen and oxygen atoms in total. The van der Waals surface area contributed by atoms with Gasteiger partial charge >= 0.3 is 0 Å². The molecule has 1 aromatic carbocycles. The van der Waals surface area contributed by atoms with Crippen LogP contribution >= 0.6 is 23.2 Å². The van der Waals surface area contributed by atoms with Crippen molar-refractivity contribution in [2.24, 2.45) is 0 Å². The average molecular weight is 405 g/mol. The van der Waals surface area contributed by atoms with E-state index in [-0.39, 0.29) is 18.0 Å². The number of halogens is 2. The predicted molar refractivity (Wildman–Crippen MR) is 110 cm³/mol. The molecule has 0 aliphatic heterocycles. The number of pyridine rings is 1. The van der Waals surface area contributed by atoms with E-state index in [2.05, 4.69) is 10.1 Å². The minimum absolute atomic E-state index is 0.113. The molecule has 0 spiro atoms. The van der Waals surface area contributed by atoms with Gasteiger partial charge in [0.15, 0.2) is 5.65 Å². The van der Waals surface area contributed by atoms with Crippen LogP contribution in [0.2, 0.25) is 10.0 Å². The summed E-state index contributed by atoms with van der Waals surface area (Å²) in [6, 6.07) is 7.16. The average Bonchev–Trinajstić information content (AvgIpc) is 3.02. The van der Waals surface area contributed by atoms with Crippen LogP contribution in [0.4, 0.5) is 0 Å². The van der Waals surface area contributed by atoms with Crippen LogP contribution < -0.4 is 0 Å². The second kappa shape index (κ2) is 7.49. The van der Waals surface area contributed by atoms with E-state index in [1.165, 1.54) is 0 Å². The highest BCUT2D eigenvalue weighted by Gasteiger charge is 2.23. The van der Waals surface area contributed by atoms with Gasteiger partial charge in [0.25, 0.3) is 5.91 Å². The number of aryl methyl sites for hydroxylation is 1. The summed E-state index contributed by atoms with van der Waals surface area (Å²) in [7, 11) is 1.76. The second-order valence-corrected chi connectivity index (χ2v) is 7.82. The Morgan fingerprint density at radius 1 is 1.19 bits per heavy atom. The molecule has 0 saturated carbocycles. The molecule has 0 aliphatic carbocycles. The number of nitrogens with zero attached hydrogens (tertiary/aromatic N) is 4. The number of rotatable bonds is 4. The minimum atomic E-state index is -0.212. The van der Waals surface area contributed by atoms with Crippen LogP contribution in [0, 0.1) is 6.92 Å². The lowest BCUT2D eigenvalue weighted by molar-refractivity contribution is 0.0741. The third-order valence-electron chi connectivity index (χ3n) is 4.79. The van der Waals surface area contributed by atoms with Gasteiger partial charge < -0.3 is 4.90 Å². The largest absolute Gasteiger partial charge is 0.335 e. The molecule has 1 amide bonds. The highest BCUT2D eigenvalue weighted by molar-refractivity contribution is 6.35. The van der Waals surface area contributed by atoms with Crippen molar-refractivity contribution in [3.8, 4) is 0 Å². The summed E-state index contributed by atoms with van der Waals surface area (Å²) in [6.45, 7) is 7.88. The summed E-state index contributed by atoms with van der Waals surface area (Å²) >= 11 is 12.3. The molecule has 0 saturated heterocycles. The number of carbonyl (C=O) groups excluding carboxylic acids is 1. The summed E-state index contributed by atoms with van der Waals surface area (Å²) in [4.78, 5) is 19.4. The molecule has 0 radical (unpaired) electrons. The normalized spacial score (nSPS) is 12.6. The maximum atomic E-state index is 13.1. The molecule has 0 fully saturated rings. The molecule has 142 valence electrons. The zero-order valence-corrected chi connectivity index (χ0v) is 17.5. The van der Waals surface area contributed by atoms with Crippen molar-refractivity contribution < 1.29 is 4.79 Å². The highest BCUT2D eigenvalue weighted by Crippen LogP contribution is 2.30. The zero-order valence-electron chi connectivity index (χ0n) is 16.0. The first-order valence-electron chi connectivity index (χ1n) is 8.77.